The Bertz CT molecular complexity index is 1310. The zero-order chi connectivity index (χ0) is 28.7. The van der Waals surface area contributed by atoms with Gasteiger partial charge in [0.05, 0.1) is 11.9 Å². The van der Waals surface area contributed by atoms with Crippen molar-refractivity contribution in [2.75, 3.05) is 24.2 Å². The van der Waals surface area contributed by atoms with E-state index in [9.17, 15) is 18.0 Å². The van der Waals surface area contributed by atoms with Crippen molar-refractivity contribution in [2.45, 2.75) is 69.9 Å². The number of anilines is 1. The SMILES string of the molecule is CC[C@@H](C(=O)NC)N(Cc1ccc(Cl)cc1)C(=O)CN(c1ccc(C23CC4CC(CC(C4)C2)C3)cc1)S(C)(=O)=O. The van der Waals surface area contributed by atoms with Gasteiger partial charge in [-0.05, 0) is 104 Å². The number of sulfonamides is 1. The lowest BCUT2D eigenvalue weighted by Crippen LogP contribution is -2.51. The highest BCUT2D eigenvalue weighted by atomic mass is 35.5. The zero-order valence-corrected chi connectivity index (χ0v) is 25.2. The van der Waals surface area contributed by atoms with Crippen LogP contribution in [0.15, 0.2) is 48.5 Å². The van der Waals surface area contributed by atoms with Gasteiger partial charge in [-0.3, -0.25) is 13.9 Å². The number of amides is 2. The smallest absolute Gasteiger partial charge is 0.244 e. The molecule has 0 spiro atoms. The van der Waals surface area contributed by atoms with Gasteiger partial charge in [0.2, 0.25) is 21.8 Å². The van der Waals surface area contributed by atoms with Gasteiger partial charge in [0.15, 0.2) is 0 Å². The Morgan fingerprint density at radius 3 is 2.00 bits per heavy atom. The fourth-order valence-electron chi connectivity index (χ4n) is 7.93. The van der Waals surface area contributed by atoms with Crippen LogP contribution in [0.25, 0.3) is 0 Å². The van der Waals surface area contributed by atoms with Crippen molar-refractivity contribution in [3.8, 4) is 0 Å². The minimum Gasteiger partial charge on any atom is -0.357 e. The van der Waals surface area contributed by atoms with Crippen LogP contribution in [0.5, 0.6) is 0 Å². The topological polar surface area (TPSA) is 86.8 Å². The van der Waals surface area contributed by atoms with Gasteiger partial charge in [0, 0.05) is 18.6 Å². The van der Waals surface area contributed by atoms with Crippen LogP contribution in [0, 0.1) is 17.8 Å². The van der Waals surface area contributed by atoms with Crippen molar-refractivity contribution in [3.05, 3.63) is 64.7 Å². The molecule has 1 N–H and O–H groups in total. The second-order valence-electron chi connectivity index (χ2n) is 12.2. The molecular weight excluding hydrogens is 546 g/mol. The maximum absolute atomic E-state index is 13.8. The van der Waals surface area contributed by atoms with Crippen molar-refractivity contribution < 1.29 is 18.0 Å². The third-order valence-corrected chi connectivity index (χ3v) is 10.8. The first-order valence-corrected chi connectivity index (χ1v) is 16.6. The molecule has 2 amide bonds. The first-order valence-electron chi connectivity index (χ1n) is 14.3. The van der Waals surface area contributed by atoms with Crippen molar-refractivity contribution in [1.29, 1.82) is 0 Å². The lowest BCUT2D eigenvalue weighted by atomic mass is 9.48. The van der Waals surface area contributed by atoms with E-state index in [1.54, 1.807) is 24.3 Å². The number of carbonyl (C=O) groups excluding carboxylic acids is 2. The predicted octanol–water partition coefficient (Wildman–Crippen LogP) is 5.13. The van der Waals surface area contributed by atoms with Crippen LogP contribution in [-0.4, -0.2) is 51.0 Å². The molecule has 2 aromatic rings. The van der Waals surface area contributed by atoms with Crippen LogP contribution in [0.3, 0.4) is 0 Å². The molecule has 0 unspecified atom stereocenters. The van der Waals surface area contributed by atoms with E-state index >= 15 is 0 Å². The molecule has 4 aliphatic carbocycles. The summed E-state index contributed by atoms with van der Waals surface area (Å²) in [6, 6.07) is 14.2. The largest absolute Gasteiger partial charge is 0.357 e. The van der Waals surface area contributed by atoms with E-state index in [4.69, 9.17) is 11.6 Å². The van der Waals surface area contributed by atoms with Crippen LogP contribution < -0.4 is 9.62 Å². The number of nitrogens with zero attached hydrogens (tertiary/aromatic N) is 2. The maximum atomic E-state index is 13.8. The van der Waals surface area contributed by atoms with Crippen molar-refractivity contribution in [1.82, 2.24) is 10.2 Å². The van der Waals surface area contributed by atoms with Gasteiger partial charge in [0.1, 0.15) is 12.6 Å². The summed E-state index contributed by atoms with van der Waals surface area (Å²) in [6.45, 7) is 1.60. The number of likely N-dealkylation sites (N-methyl/N-ethyl adjacent to an activating group) is 1. The molecule has 4 saturated carbocycles. The summed E-state index contributed by atoms with van der Waals surface area (Å²) in [4.78, 5) is 28.0. The first-order chi connectivity index (χ1) is 19.0. The van der Waals surface area contributed by atoms with E-state index in [1.807, 2.05) is 19.1 Å². The van der Waals surface area contributed by atoms with Crippen LogP contribution in [-0.2, 0) is 31.6 Å². The summed E-state index contributed by atoms with van der Waals surface area (Å²) in [6.07, 6.45) is 9.27. The molecule has 6 rings (SSSR count). The molecule has 40 heavy (non-hydrogen) atoms. The average molecular weight is 586 g/mol. The van der Waals surface area contributed by atoms with E-state index < -0.39 is 28.5 Å². The minimum absolute atomic E-state index is 0.157. The summed E-state index contributed by atoms with van der Waals surface area (Å²) >= 11 is 6.04. The molecule has 0 aliphatic heterocycles. The van der Waals surface area contributed by atoms with Gasteiger partial charge >= 0.3 is 0 Å². The van der Waals surface area contributed by atoms with Gasteiger partial charge in [-0.25, -0.2) is 8.42 Å². The van der Waals surface area contributed by atoms with E-state index in [1.165, 1.54) is 56.0 Å². The Morgan fingerprint density at radius 1 is 0.975 bits per heavy atom. The van der Waals surface area contributed by atoms with Gasteiger partial charge in [-0.1, -0.05) is 42.8 Å². The van der Waals surface area contributed by atoms with Gasteiger partial charge in [-0.2, -0.15) is 0 Å². The highest BCUT2D eigenvalue weighted by molar-refractivity contribution is 7.92. The molecule has 0 radical (unpaired) electrons. The molecule has 2 aromatic carbocycles. The minimum atomic E-state index is -3.77. The molecule has 0 heterocycles. The quantitative estimate of drug-likeness (QED) is 0.419. The third-order valence-electron chi connectivity index (χ3n) is 9.38. The predicted molar refractivity (Wildman–Crippen MR) is 159 cm³/mol. The Labute approximate surface area is 243 Å². The highest BCUT2D eigenvalue weighted by Crippen LogP contribution is 2.60. The molecular formula is C31H40ClN3O4S. The van der Waals surface area contributed by atoms with Crippen molar-refractivity contribution in [3.63, 3.8) is 0 Å². The summed E-state index contributed by atoms with van der Waals surface area (Å²) in [5.74, 6) is 1.70. The fraction of sp³-hybridized carbons (Fsp3) is 0.548. The van der Waals surface area contributed by atoms with Gasteiger partial charge < -0.3 is 10.2 Å². The molecule has 1 atom stereocenters. The average Bonchev–Trinajstić information content (AvgIpc) is 2.91. The van der Waals surface area contributed by atoms with E-state index in [2.05, 4.69) is 17.4 Å². The summed E-state index contributed by atoms with van der Waals surface area (Å²) in [7, 11) is -2.24. The molecule has 9 heteroatoms. The van der Waals surface area contributed by atoms with Gasteiger partial charge in [0.25, 0.3) is 0 Å². The lowest BCUT2D eigenvalue weighted by molar-refractivity contribution is -0.140. The number of hydrogen-bond donors (Lipinski definition) is 1. The number of rotatable bonds is 10. The number of benzene rings is 2. The number of halogens is 1. The highest BCUT2D eigenvalue weighted by Gasteiger charge is 2.51. The molecule has 4 fully saturated rings. The Kier molecular flexibility index (Phi) is 8.22. The van der Waals surface area contributed by atoms with Crippen molar-refractivity contribution >= 4 is 39.1 Å². The molecule has 7 nitrogen and oxygen atoms in total. The molecule has 0 saturated heterocycles. The fourth-order valence-corrected chi connectivity index (χ4v) is 8.91. The monoisotopic (exact) mass is 585 g/mol. The Hall–Kier alpha value is -2.58. The van der Waals surface area contributed by atoms with Crippen LogP contribution in [0.2, 0.25) is 5.02 Å². The van der Waals surface area contributed by atoms with Crippen LogP contribution >= 0.6 is 11.6 Å². The maximum Gasteiger partial charge on any atom is 0.244 e. The summed E-state index contributed by atoms with van der Waals surface area (Å²) in [5, 5.41) is 3.21. The number of nitrogens with one attached hydrogen (secondary N) is 1. The summed E-state index contributed by atoms with van der Waals surface area (Å²) < 4.78 is 27.1. The van der Waals surface area contributed by atoms with Crippen LogP contribution in [0.4, 0.5) is 5.69 Å². The van der Waals surface area contributed by atoms with E-state index in [-0.39, 0.29) is 17.9 Å². The van der Waals surface area contributed by atoms with Crippen LogP contribution in [0.1, 0.15) is 63.0 Å². The summed E-state index contributed by atoms with van der Waals surface area (Å²) in [5.41, 5.74) is 2.76. The molecule has 0 aromatic heterocycles. The van der Waals surface area contributed by atoms with Gasteiger partial charge in [-0.15, -0.1) is 0 Å². The third kappa shape index (κ3) is 5.89. The van der Waals surface area contributed by atoms with E-state index in [0.29, 0.717) is 17.1 Å². The lowest BCUT2D eigenvalue weighted by Gasteiger charge is -2.57. The second kappa shape index (κ2) is 11.4. The molecule has 4 bridgehead atoms. The normalized spacial score (nSPS) is 25.9. The molecule has 4 aliphatic rings. The zero-order valence-electron chi connectivity index (χ0n) is 23.6. The Balaban J connectivity index is 1.40. The van der Waals surface area contributed by atoms with E-state index in [0.717, 1.165) is 33.9 Å². The first kappa shape index (κ1) is 28.9. The second-order valence-corrected chi connectivity index (χ2v) is 14.5. The number of hydrogen-bond acceptors (Lipinski definition) is 4. The Morgan fingerprint density at radius 2 is 1.52 bits per heavy atom. The van der Waals surface area contributed by atoms with Crippen molar-refractivity contribution in [2.24, 2.45) is 17.8 Å². The molecule has 216 valence electrons. The standard InChI is InChI=1S/C31H40ClN3O4S/c1-4-28(30(37)33-2)34(19-21-5-9-26(32)10-6-21)29(36)20-35(40(3,38)39)27-11-7-25(8-12-27)31-16-22-13-23(17-31)15-24(14-22)18-31/h5-12,22-24,28H,4,13-20H2,1-3H3,(H,33,37)/t22?,23?,24?,28-,31?/m0/s1. The number of carbonyl (C=O) groups is 2.